The maximum Gasteiger partial charge on any atom is 0.490 e. The van der Waals surface area contributed by atoms with Gasteiger partial charge in [0, 0.05) is 30.0 Å². The summed E-state index contributed by atoms with van der Waals surface area (Å²) in [6.07, 6.45) is 5.13. The van der Waals surface area contributed by atoms with E-state index < -0.39 is 18.1 Å². The standard InChI is InChI=1S/C21H27NO4.C2HF3O2/c1-2-3-4-5-14-25-17-6-7-18-19(15-17)26-16-21(18)9-12-22(13-10-21)11-8-20(23)24;3-2(4,5)1(6)7/h1,6-7,15H,3-5,8-14,16H2,(H,23,24);(H,6,7). The molecule has 0 unspecified atom stereocenters. The summed E-state index contributed by atoms with van der Waals surface area (Å²) in [4.78, 5) is 21.9. The van der Waals surface area contributed by atoms with E-state index in [0.717, 1.165) is 56.7 Å². The number of carbonyl (C=O) groups is 2. The predicted molar refractivity (Wildman–Crippen MR) is 113 cm³/mol. The molecule has 10 heteroatoms. The highest BCUT2D eigenvalue weighted by molar-refractivity contribution is 5.73. The molecule has 0 aromatic heterocycles. The van der Waals surface area contributed by atoms with E-state index in [1.165, 1.54) is 5.56 Å². The number of hydrogen-bond acceptors (Lipinski definition) is 5. The lowest BCUT2D eigenvalue weighted by molar-refractivity contribution is -0.192. The largest absolute Gasteiger partial charge is 0.493 e. The van der Waals surface area contributed by atoms with Gasteiger partial charge in [-0.1, -0.05) is 6.07 Å². The monoisotopic (exact) mass is 471 g/mol. The van der Waals surface area contributed by atoms with Crippen molar-refractivity contribution in [3.63, 3.8) is 0 Å². The Labute approximate surface area is 190 Å². The summed E-state index contributed by atoms with van der Waals surface area (Å²) in [5.74, 6) is 0.938. The van der Waals surface area contributed by atoms with E-state index in [0.29, 0.717) is 19.8 Å². The number of aliphatic carboxylic acids is 2. The van der Waals surface area contributed by atoms with Crippen molar-refractivity contribution < 1.29 is 42.4 Å². The number of piperidine rings is 1. The third kappa shape index (κ3) is 7.86. The summed E-state index contributed by atoms with van der Waals surface area (Å²) in [5.41, 5.74) is 1.34. The number of carboxylic acid groups (broad SMARTS) is 2. The molecular weight excluding hydrogens is 443 g/mol. The normalized spacial score (nSPS) is 16.7. The quantitative estimate of drug-likeness (QED) is 0.441. The van der Waals surface area contributed by atoms with E-state index in [-0.39, 0.29) is 11.8 Å². The topological polar surface area (TPSA) is 96.3 Å². The molecular formula is C23H28F3NO6. The van der Waals surface area contributed by atoms with Crippen LogP contribution in [0.25, 0.3) is 0 Å². The van der Waals surface area contributed by atoms with Gasteiger partial charge in [-0.2, -0.15) is 13.2 Å². The summed E-state index contributed by atoms with van der Waals surface area (Å²) in [5, 5.41) is 16.0. The van der Waals surface area contributed by atoms with Gasteiger partial charge >= 0.3 is 18.1 Å². The third-order valence-electron chi connectivity index (χ3n) is 5.71. The minimum absolute atomic E-state index is 0.0698. The lowest BCUT2D eigenvalue weighted by Gasteiger charge is -2.38. The Kier molecular flexibility index (Phi) is 9.41. The predicted octanol–water partition coefficient (Wildman–Crippen LogP) is 3.70. The van der Waals surface area contributed by atoms with Crippen molar-refractivity contribution in [3.8, 4) is 23.8 Å². The molecule has 2 aliphatic rings. The third-order valence-corrected chi connectivity index (χ3v) is 5.71. The molecule has 33 heavy (non-hydrogen) atoms. The van der Waals surface area contributed by atoms with Crippen LogP contribution in [0, 0.1) is 12.3 Å². The van der Waals surface area contributed by atoms with Gasteiger partial charge in [-0.15, -0.1) is 12.3 Å². The molecule has 1 aromatic rings. The number of benzene rings is 1. The van der Waals surface area contributed by atoms with E-state index in [1.807, 2.05) is 12.1 Å². The number of likely N-dealkylation sites (tertiary alicyclic amines) is 1. The minimum Gasteiger partial charge on any atom is -0.493 e. The average Bonchev–Trinajstić information content (AvgIpc) is 3.10. The van der Waals surface area contributed by atoms with Gasteiger partial charge in [0.2, 0.25) is 0 Å². The molecule has 1 aromatic carbocycles. The average molecular weight is 471 g/mol. The van der Waals surface area contributed by atoms with Crippen LogP contribution in [0.5, 0.6) is 11.5 Å². The molecule has 2 N–H and O–H groups in total. The molecule has 0 atom stereocenters. The van der Waals surface area contributed by atoms with E-state index in [4.69, 9.17) is 30.9 Å². The van der Waals surface area contributed by atoms with Gasteiger partial charge in [0.1, 0.15) is 11.5 Å². The summed E-state index contributed by atoms with van der Waals surface area (Å²) in [6.45, 7) is 3.85. The number of unbranched alkanes of at least 4 members (excludes halogenated alkanes) is 2. The molecule has 0 aliphatic carbocycles. The molecule has 2 aliphatic heterocycles. The van der Waals surface area contributed by atoms with Gasteiger partial charge in [0.05, 0.1) is 19.6 Å². The SMILES string of the molecule is C#CCCCCOc1ccc2c(c1)OCC21CCN(CCC(=O)O)CC1.O=C(O)C(F)(F)F. The first-order valence-electron chi connectivity index (χ1n) is 10.7. The van der Waals surface area contributed by atoms with Crippen molar-refractivity contribution in [2.75, 3.05) is 32.8 Å². The molecule has 0 radical (unpaired) electrons. The van der Waals surface area contributed by atoms with Gasteiger partial charge in [0.25, 0.3) is 0 Å². The second-order valence-corrected chi connectivity index (χ2v) is 8.02. The maximum atomic E-state index is 10.7. The molecule has 0 bridgehead atoms. The van der Waals surface area contributed by atoms with Crippen LogP contribution in [0.2, 0.25) is 0 Å². The van der Waals surface area contributed by atoms with Crippen molar-refractivity contribution in [3.05, 3.63) is 23.8 Å². The first kappa shape index (κ1) is 26.3. The van der Waals surface area contributed by atoms with Crippen molar-refractivity contribution in [1.29, 1.82) is 0 Å². The highest BCUT2D eigenvalue weighted by atomic mass is 19.4. The van der Waals surface area contributed by atoms with Gasteiger partial charge in [-0.05, 0) is 44.8 Å². The van der Waals surface area contributed by atoms with E-state index >= 15 is 0 Å². The highest BCUT2D eigenvalue weighted by Crippen LogP contribution is 2.46. The lowest BCUT2D eigenvalue weighted by Crippen LogP contribution is -2.44. The molecule has 7 nitrogen and oxygen atoms in total. The second kappa shape index (κ2) is 11.8. The van der Waals surface area contributed by atoms with E-state index in [9.17, 15) is 18.0 Å². The lowest BCUT2D eigenvalue weighted by atomic mass is 9.74. The fraction of sp³-hybridized carbons (Fsp3) is 0.565. The fourth-order valence-corrected chi connectivity index (χ4v) is 3.83. The molecule has 182 valence electrons. The Hall–Kier alpha value is -2.93. The Balaban J connectivity index is 0.000000479. The fourth-order valence-electron chi connectivity index (χ4n) is 3.83. The zero-order valence-corrected chi connectivity index (χ0v) is 18.2. The number of carboxylic acids is 2. The zero-order valence-electron chi connectivity index (χ0n) is 18.2. The van der Waals surface area contributed by atoms with Crippen LogP contribution in [0.4, 0.5) is 13.2 Å². The van der Waals surface area contributed by atoms with Gasteiger partial charge < -0.3 is 24.6 Å². The molecule has 1 fully saturated rings. The smallest absolute Gasteiger partial charge is 0.490 e. The van der Waals surface area contributed by atoms with Crippen molar-refractivity contribution in [2.45, 2.75) is 50.1 Å². The first-order valence-corrected chi connectivity index (χ1v) is 10.7. The second-order valence-electron chi connectivity index (χ2n) is 8.02. The Morgan fingerprint density at radius 1 is 1.21 bits per heavy atom. The molecule has 0 saturated carbocycles. The number of halogens is 3. The van der Waals surface area contributed by atoms with Gasteiger partial charge in [-0.25, -0.2) is 4.79 Å². The number of ether oxygens (including phenoxy) is 2. The molecule has 1 saturated heterocycles. The number of alkyl halides is 3. The first-order chi connectivity index (χ1) is 15.6. The molecule has 2 heterocycles. The van der Waals surface area contributed by atoms with Crippen molar-refractivity contribution in [1.82, 2.24) is 4.90 Å². The summed E-state index contributed by atoms with van der Waals surface area (Å²) in [7, 11) is 0. The summed E-state index contributed by atoms with van der Waals surface area (Å²) < 4.78 is 43.5. The maximum absolute atomic E-state index is 10.7. The van der Waals surface area contributed by atoms with Crippen LogP contribution in [0.3, 0.4) is 0 Å². The Morgan fingerprint density at radius 2 is 1.88 bits per heavy atom. The van der Waals surface area contributed by atoms with Crippen LogP contribution in [-0.4, -0.2) is 66.1 Å². The highest BCUT2D eigenvalue weighted by Gasteiger charge is 2.43. The number of fused-ring (bicyclic) bond motifs is 2. The summed E-state index contributed by atoms with van der Waals surface area (Å²) >= 11 is 0. The van der Waals surface area contributed by atoms with E-state index in [1.54, 1.807) is 0 Å². The molecule has 3 rings (SSSR count). The van der Waals surface area contributed by atoms with Crippen LogP contribution in [0.15, 0.2) is 18.2 Å². The van der Waals surface area contributed by atoms with Crippen molar-refractivity contribution in [2.24, 2.45) is 0 Å². The van der Waals surface area contributed by atoms with Crippen LogP contribution < -0.4 is 9.47 Å². The van der Waals surface area contributed by atoms with Crippen molar-refractivity contribution >= 4 is 11.9 Å². The molecule has 0 amide bonds. The van der Waals surface area contributed by atoms with Gasteiger partial charge in [-0.3, -0.25) is 4.79 Å². The number of rotatable bonds is 8. The summed E-state index contributed by atoms with van der Waals surface area (Å²) in [6, 6.07) is 6.18. The zero-order chi connectivity index (χ0) is 24.5. The minimum atomic E-state index is -5.08. The number of hydrogen-bond donors (Lipinski definition) is 2. The Bertz CT molecular complexity index is 857. The molecule has 1 spiro atoms. The number of terminal acetylenes is 1. The van der Waals surface area contributed by atoms with E-state index in [2.05, 4.69) is 16.9 Å². The van der Waals surface area contributed by atoms with Crippen LogP contribution in [-0.2, 0) is 15.0 Å². The number of nitrogens with zero attached hydrogens (tertiary/aromatic N) is 1. The van der Waals surface area contributed by atoms with Crippen LogP contribution in [0.1, 0.15) is 44.1 Å². The Morgan fingerprint density at radius 3 is 2.45 bits per heavy atom. The van der Waals surface area contributed by atoms with Crippen LogP contribution >= 0.6 is 0 Å². The van der Waals surface area contributed by atoms with Gasteiger partial charge in [0.15, 0.2) is 0 Å².